The topological polar surface area (TPSA) is 108 Å². The standard InChI is InChI=1S/C32H36ClFN6O4/c1-7-28(41)40-11-10-39(17-21(40)4)18-27(22-8-9-25(33)26(34)14-22)44-24-13-19(2)29(35-16-24)31(42)37-30-20(3)12-23(15-36-30)32(43)38(5)6/h7-9,12-16,21,27H,1,10-11,17-18H2,2-6H3,(H,36,37,42)/t21-,27-/m1/s1. The number of benzene rings is 1. The van der Waals surface area contributed by atoms with Gasteiger partial charge in [-0.05, 0) is 67.8 Å². The van der Waals surface area contributed by atoms with Gasteiger partial charge in [-0.25, -0.2) is 14.4 Å². The number of ether oxygens (including phenoxy) is 1. The Morgan fingerprint density at radius 2 is 1.91 bits per heavy atom. The molecule has 0 unspecified atom stereocenters. The van der Waals surface area contributed by atoms with E-state index in [2.05, 4.69) is 26.8 Å². The number of carbonyl (C=O) groups is 3. The molecule has 3 heterocycles. The van der Waals surface area contributed by atoms with E-state index >= 15 is 0 Å². The molecule has 1 aliphatic heterocycles. The van der Waals surface area contributed by atoms with Crippen molar-refractivity contribution in [2.24, 2.45) is 0 Å². The molecule has 2 aromatic heterocycles. The summed E-state index contributed by atoms with van der Waals surface area (Å²) < 4.78 is 20.8. The third-order valence-electron chi connectivity index (χ3n) is 7.42. The minimum Gasteiger partial charge on any atom is -0.483 e. The van der Waals surface area contributed by atoms with Crippen LogP contribution in [-0.2, 0) is 4.79 Å². The smallest absolute Gasteiger partial charge is 0.275 e. The molecule has 3 amide bonds. The number of amides is 3. The van der Waals surface area contributed by atoms with Crippen LogP contribution < -0.4 is 10.1 Å². The summed E-state index contributed by atoms with van der Waals surface area (Å²) in [6.45, 7) is 11.2. The number of aromatic nitrogens is 2. The molecule has 1 fully saturated rings. The Balaban J connectivity index is 1.51. The SMILES string of the molecule is C=CC(=O)N1CCN(C[C@@H](Oc2cnc(C(=O)Nc3ncc(C(=O)N(C)C)cc3C)c(C)c2)c2ccc(Cl)c(F)c2)C[C@H]1C. The van der Waals surface area contributed by atoms with Gasteiger partial charge in [0, 0.05) is 52.5 Å². The first-order valence-electron chi connectivity index (χ1n) is 14.1. The van der Waals surface area contributed by atoms with Crippen molar-refractivity contribution in [3.8, 4) is 5.75 Å². The van der Waals surface area contributed by atoms with E-state index in [0.717, 1.165) is 0 Å². The van der Waals surface area contributed by atoms with Crippen LogP contribution in [0.4, 0.5) is 10.2 Å². The average molecular weight is 623 g/mol. The Bertz CT molecular complexity index is 1580. The maximum atomic E-state index is 14.5. The van der Waals surface area contributed by atoms with Crippen molar-refractivity contribution in [2.45, 2.75) is 32.9 Å². The van der Waals surface area contributed by atoms with Gasteiger partial charge >= 0.3 is 0 Å². The monoisotopic (exact) mass is 622 g/mol. The molecule has 0 saturated carbocycles. The highest BCUT2D eigenvalue weighted by atomic mass is 35.5. The van der Waals surface area contributed by atoms with E-state index in [9.17, 15) is 18.8 Å². The van der Waals surface area contributed by atoms with Gasteiger partial charge in [0.05, 0.1) is 16.8 Å². The lowest BCUT2D eigenvalue weighted by Gasteiger charge is -2.40. The van der Waals surface area contributed by atoms with Crippen LogP contribution in [0.15, 0.2) is 55.4 Å². The van der Waals surface area contributed by atoms with Crippen molar-refractivity contribution in [2.75, 3.05) is 45.6 Å². The highest BCUT2D eigenvalue weighted by Gasteiger charge is 2.29. The van der Waals surface area contributed by atoms with E-state index < -0.39 is 17.8 Å². The molecule has 3 aromatic rings. The number of nitrogens with one attached hydrogen (secondary N) is 1. The van der Waals surface area contributed by atoms with Gasteiger partial charge in [-0.3, -0.25) is 19.3 Å². The van der Waals surface area contributed by atoms with Crippen molar-refractivity contribution in [3.05, 3.63) is 94.2 Å². The molecule has 4 rings (SSSR count). The van der Waals surface area contributed by atoms with Gasteiger partial charge in [-0.15, -0.1) is 0 Å². The zero-order valence-corrected chi connectivity index (χ0v) is 26.2. The number of pyridine rings is 2. The Labute approximate surface area is 261 Å². The van der Waals surface area contributed by atoms with Crippen LogP contribution in [0.3, 0.4) is 0 Å². The number of carbonyl (C=O) groups excluding carboxylic acids is 3. The van der Waals surface area contributed by atoms with E-state index in [1.165, 1.54) is 35.5 Å². The summed E-state index contributed by atoms with van der Waals surface area (Å²) in [6, 6.07) is 7.88. The largest absolute Gasteiger partial charge is 0.483 e. The highest BCUT2D eigenvalue weighted by molar-refractivity contribution is 6.30. The fraction of sp³-hybridized carbons (Fsp3) is 0.344. The lowest BCUT2D eigenvalue weighted by atomic mass is 10.1. The van der Waals surface area contributed by atoms with Crippen LogP contribution in [0.1, 0.15) is 50.6 Å². The maximum absolute atomic E-state index is 14.5. The van der Waals surface area contributed by atoms with Crippen molar-refractivity contribution in [3.63, 3.8) is 0 Å². The van der Waals surface area contributed by atoms with Gasteiger partial charge in [0.15, 0.2) is 0 Å². The van der Waals surface area contributed by atoms with Crippen LogP contribution in [-0.4, -0.2) is 88.7 Å². The number of nitrogens with zero attached hydrogens (tertiary/aromatic N) is 5. The fourth-order valence-corrected chi connectivity index (χ4v) is 5.18. The second kappa shape index (κ2) is 14.0. The number of halogens is 2. The molecule has 2 atom stereocenters. The van der Waals surface area contributed by atoms with Crippen LogP contribution in [0.2, 0.25) is 5.02 Å². The zero-order valence-electron chi connectivity index (χ0n) is 25.4. The zero-order chi connectivity index (χ0) is 32.1. The molecule has 1 aliphatic rings. The van der Waals surface area contributed by atoms with Crippen molar-refractivity contribution in [1.29, 1.82) is 0 Å². The normalized spacial score (nSPS) is 15.8. The van der Waals surface area contributed by atoms with E-state index in [-0.39, 0.29) is 28.6 Å². The molecule has 0 radical (unpaired) electrons. The van der Waals surface area contributed by atoms with Crippen LogP contribution in [0, 0.1) is 19.7 Å². The fourth-order valence-electron chi connectivity index (χ4n) is 5.06. The Morgan fingerprint density at radius 1 is 1.16 bits per heavy atom. The second-order valence-corrected chi connectivity index (χ2v) is 11.4. The third kappa shape index (κ3) is 7.59. The quantitative estimate of drug-likeness (QED) is 0.345. The van der Waals surface area contributed by atoms with Crippen LogP contribution in [0.25, 0.3) is 0 Å². The molecule has 1 saturated heterocycles. The molecule has 44 heavy (non-hydrogen) atoms. The van der Waals surface area contributed by atoms with E-state index in [0.29, 0.717) is 60.0 Å². The molecule has 0 aliphatic carbocycles. The number of hydrogen-bond acceptors (Lipinski definition) is 7. The third-order valence-corrected chi connectivity index (χ3v) is 7.73. The minimum atomic E-state index is -0.591. The number of piperazine rings is 1. The van der Waals surface area contributed by atoms with Gasteiger partial charge in [0.25, 0.3) is 11.8 Å². The Morgan fingerprint density at radius 3 is 2.52 bits per heavy atom. The molecule has 232 valence electrons. The number of rotatable bonds is 9. The summed E-state index contributed by atoms with van der Waals surface area (Å²) in [6.07, 6.45) is 3.59. The van der Waals surface area contributed by atoms with Crippen LogP contribution in [0.5, 0.6) is 5.75 Å². The average Bonchev–Trinajstić information content (AvgIpc) is 2.98. The summed E-state index contributed by atoms with van der Waals surface area (Å²) in [5.74, 6) is -0.608. The van der Waals surface area contributed by atoms with E-state index in [4.69, 9.17) is 16.3 Å². The van der Waals surface area contributed by atoms with Crippen molar-refractivity contribution in [1.82, 2.24) is 24.7 Å². The summed E-state index contributed by atoms with van der Waals surface area (Å²) in [5.41, 5.74) is 2.37. The second-order valence-electron chi connectivity index (χ2n) is 11.0. The van der Waals surface area contributed by atoms with Gasteiger partial charge in [-0.2, -0.15) is 0 Å². The van der Waals surface area contributed by atoms with Gasteiger partial charge in [0.1, 0.15) is 29.2 Å². The Hall–Kier alpha value is -4.35. The number of anilines is 1. The highest BCUT2D eigenvalue weighted by Crippen LogP contribution is 2.28. The van der Waals surface area contributed by atoms with Gasteiger partial charge in [-0.1, -0.05) is 24.2 Å². The van der Waals surface area contributed by atoms with Crippen molar-refractivity contribution >= 4 is 35.1 Å². The number of aryl methyl sites for hydroxylation is 2. The Kier molecular flexibility index (Phi) is 10.3. The van der Waals surface area contributed by atoms with Gasteiger partial charge in [0.2, 0.25) is 5.91 Å². The predicted octanol–water partition coefficient (Wildman–Crippen LogP) is 4.68. The molecule has 12 heteroatoms. The first-order chi connectivity index (χ1) is 20.9. The minimum absolute atomic E-state index is 0.00853. The molecule has 0 spiro atoms. The summed E-state index contributed by atoms with van der Waals surface area (Å²) >= 11 is 5.94. The molecular weight excluding hydrogens is 587 g/mol. The molecule has 0 bridgehead atoms. The van der Waals surface area contributed by atoms with E-state index in [1.54, 1.807) is 51.0 Å². The first kappa shape index (κ1) is 32.6. The summed E-state index contributed by atoms with van der Waals surface area (Å²) in [7, 11) is 3.31. The molecular formula is C32H36ClFN6O4. The maximum Gasteiger partial charge on any atom is 0.275 e. The molecule has 1 N–H and O–H groups in total. The lowest BCUT2D eigenvalue weighted by molar-refractivity contribution is -0.130. The number of hydrogen-bond donors (Lipinski definition) is 1. The van der Waals surface area contributed by atoms with Crippen molar-refractivity contribution < 1.29 is 23.5 Å². The summed E-state index contributed by atoms with van der Waals surface area (Å²) in [5, 5.41) is 2.77. The summed E-state index contributed by atoms with van der Waals surface area (Å²) in [4.78, 5) is 51.5. The lowest BCUT2D eigenvalue weighted by Crippen LogP contribution is -2.54. The first-order valence-corrected chi connectivity index (χ1v) is 14.5. The van der Waals surface area contributed by atoms with Crippen LogP contribution >= 0.6 is 11.6 Å². The predicted molar refractivity (Wildman–Crippen MR) is 167 cm³/mol. The molecule has 10 nitrogen and oxygen atoms in total. The molecule has 1 aromatic carbocycles. The van der Waals surface area contributed by atoms with Gasteiger partial charge < -0.3 is 19.9 Å². The van der Waals surface area contributed by atoms with E-state index in [1.807, 2.05) is 6.92 Å².